The Morgan fingerprint density at radius 2 is 1.89 bits per heavy atom. The fourth-order valence-corrected chi connectivity index (χ4v) is 3.47. The standard InChI is InChI=1S/C17H16F6N2O3/c1-28-9-5-13(15(27)17(21,22)23)25(7-9)8-2-3-12-10(4-8)11(16(18,19)20)6-14(26)24-12/h2-4,6,9,13,15,27H,5,7H2,1H3,(H,24,26)/t9-,13-,15-/m1/s1. The quantitative estimate of drug-likeness (QED) is 0.764. The van der Waals surface area contributed by atoms with Crippen LogP contribution in [0, 0.1) is 0 Å². The lowest BCUT2D eigenvalue weighted by molar-refractivity contribution is -0.209. The molecule has 0 radical (unpaired) electrons. The molecule has 2 N–H and O–H groups in total. The third-order valence-electron chi connectivity index (χ3n) is 4.80. The number of alkyl halides is 6. The van der Waals surface area contributed by atoms with Gasteiger partial charge in [-0.2, -0.15) is 26.3 Å². The molecule has 28 heavy (non-hydrogen) atoms. The number of pyridine rings is 1. The van der Waals surface area contributed by atoms with Gasteiger partial charge in [0, 0.05) is 36.3 Å². The Bertz CT molecular complexity index is 924. The van der Waals surface area contributed by atoms with Gasteiger partial charge in [-0.05, 0) is 24.6 Å². The number of H-pyrrole nitrogens is 1. The number of halogens is 6. The Labute approximate surface area is 154 Å². The fraction of sp³-hybridized carbons (Fsp3) is 0.471. The Balaban J connectivity index is 2.11. The number of aromatic amines is 1. The van der Waals surface area contributed by atoms with Gasteiger partial charge in [0.25, 0.3) is 0 Å². The minimum Gasteiger partial charge on any atom is -0.382 e. The van der Waals surface area contributed by atoms with Gasteiger partial charge in [0.15, 0.2) is 6.10 Å². The van der Waals surface area contributed by atoms with Gasteiger partial charge in [0.05, 0.1) is 17.7 Å². The molecule has 0 saturated carbocycles. The molecule has 2 heterocycles. The zero-order valence-electron chi connectivity index (χ0n) is 14.4. The van der Waals surface area contributed by atoms with Crippen LogP contribution in [0.5, 0.6) is 0 Å². The number of aliphatic hydroxyl groups is 1. The molecule has 0 bridgehead atoms. The molecule has 3 rings (SSSR count). The number of hydrogen-bond donors (Lipinski definition) is 2. The molecule has 0 aliphatic carbocycles. The van der Waals surface area contributed by atoms with E-state index in [1.807, 2.05) is 0 Å². The van der Waals surface area contributed by atoms with Crippen LogP contribution in [0.25, 0.3) is 10.9 Å². The lowest BCUT2D eigenvalue weighted by Gasteiger charge is -2.31. The molecule has 3 atom stereocenters. The summed E-state index contributed by atoms with van der Waals surface area (Å²) < 4.78 is 84.1. The van der Waals surface area contributed by atoms with Crippen molar-refractivity contribution in [3.05, 3.63) is 40.2 Å². The minimum absolute atomic E-state index is 0.0372. The lowest BCUT2D eigenvalue weighted by atomic mass is 10.0. The molecule has 1 fully saturated rings. The number of fused-ring (bicyclic) bond motifs is 1. The Kier molecular flexibility index (Phi) is 5.09. The van der Waals surface area contributed by atoms with E-state index < -0.39 is 41.7 Å². The highest BCUT2D eigenvalue weighted by atomic mass is 19.4. The van der Waals surface area contributed by atoms with E-state index in [1.165, 1.54) is 24.1 Å². The van der Waals surface area contributed by atoms with Gasteiger partial charge in [0.2, 0.25) is 5.56 Å². The SMILES string of the molecule is CO[C@@H]1C[C@H]([C@@H](O)C(F)(F)F)N(c2ccc3[nH]c(=O)cc(C(F)(F)F)c3c2)C1. The molecule has 1 aliphatic rings. The van der Waals surface area contributed by atoms with E-state index in [4.69, 9.17) is 4.74 Å². The number of aromatic nitrogens is 1. The second kappa shape index (κ2) is 6.96. The van der Waals surface area contributed by atoms with E-state index in [0.29, 0.717) is 6.07 Å². The molecule has 154 valence electrons. The molecule has 0 spiro atoms. The van der Waals surface area contributed by atoms with Crippen molar-refractivity contribution >= 4 is 16.6 Å². The normalized spacial score (nSPS) is 22.1. The minimum atomic E-state index is -4.90. The molecule has 11 heteroatoms. The highest BCUT2D eigenvalue weighted by Gasteiger charge is 2.49. The van der Waals surface area contributed by atoms with Crippen LogP contribution in [0.1, 0.15) is 12.0 Å². The predicted molar refractivity (Wildman–Crippen MR) is 88.2 cm³/mol. The van der Waals surface area contributed by atoms with Gasteiger partial charge < -0.3 is 19.7 Å². The summed E-state index contributed by atoms with van der Waals surface area (Å²) in [6.45, 7) is -0.0372. The molecule has 0 amide bonds. The Morgan fingerprint density at radius 3 is 2.46 bits per heavy atom. The van der Waals surface area contributed by atoms with E-state index in [0.717, 1.165) is 6.07 Å². The second-order valence-corrected chi connectivity index (χ2v) is 6.57. The van der Waals surface area contributed by atoms with Crippen LogP contribution in [0.4, 0.5) is 32.0 Å². The number of rotatable bonds is 3. The summed E-state index contributed by atoms with van der Waals surface area (Å²) in [5, 5.41) is 9.36. The zero-order chi connectivity index (χ0) is 20.9. The third kappa shape index (κ3) is 3.81. The molecule has 1 aliphatic heterocycles. The van der Waals surface area contributed by atoms with E-state index in [2.05, 4.69) is 4.98 Å². The van der Waals surface area contributed by atoms with Crippen molar-refractivity contribution in [3.8, 4) is 0 Å². The molecule has 2 aromatic rings. The van der Waals surface area contributed by atoms with Crippen molar-refractivity contribution in [2.45, 2.75) is 37.0 Å². The summed E-state index contributed by atoms with van der Waals surface area (Å²) >= 11 is 0. The molecular formula is C17H16F6N2O3. The summed E-state index contributed by atoms with van der Waals surface area (Å²) in [6, 6.07) is 2.53. The first-order valence-corrected chi connectivity index (χ1v) is 8.20. The van der Waals surface area contributed by atoms with Crippen LogP contribution in [-0.4, -0.2) is 48.2 Å². The van der Waals surface area contributed by atoms with Crippen molar-refractivity contribution in [2.24, 2.45) is 0 Å². The van der Waals surface area contributed by atoms with Crippen molar-refractivity contribution in [1.29, 1.82) is 0 Å². The van der Waals surface area contributed by atoms with Gasteiger partial charge >= 0.3 is 12.4 Å². The van der Waals surface area contributed by atoms with E-state index in [-0.39, 0.29) is 29.6 Å². The van der Waals surface area contributed by atoms with Gasteiger partial charge in [-0.15, -0.1) is 0 Å². The molecule has 1 saturated heterocycles. The first-order chi connectivity index (χ1) is 12.9. The number of benzene rings is 1. The van der Waals surface area contributed by atoms with Crippen molar-refractivity contribution in [2.75, 3.05) is 18.6 Å². The van der Waals surface area contributed by atoms with Crippen LogP contribution in [-0.2, 0) is 10.9 Å². The van der Waals surface area contributed by atoms with Crippen molar-refractivity contribution in [3.63, 3.8) is 0 Å². The van der Waals surface area contributed by atoms with E-state index in [9.17, 15) is 36.2 Å². The summed E-state index contributed by atoms with van der Waals surface area (Å²) in [5.41, 5.74) is -2.18. The van der Waals surface area contributed by atoms with Crippen molar-refractivity contribution < 1.29 is 36.2 Å². The maximum absolute atomic E-state index is 13.3. The molecule has 1 aromatic carbocycles. The summed E-state index contributed by atoms with van der Waals surface area (Å²) in [7, 11) is 1.30. The van der Waals surface area contributed by atoms with E-state index >= 15 is 0 Å². The van der Waals surface area contributed by atoms with E-state index in [1.54, 1.807) is 0 Å². The average Bonchev–Trinajstić information content (AvgIpc) is 3.02. The third-order valence-corrected chi connectivity index (χ3v) is 4.80. The molecule has 0 unspecified atom stereocenters. The maximum Gasteiger partial charge on any atom is 0.417 e. The largest absolute Gasteiger partial charge is 0.417 e. The Hall–Kier alpha value is -2.27. The molecule has 5 nitrogen and oxygen atoms in total. The number of nitrogens with one attached hydrogen (secondary N) is 1. The summed E-state index contributed by atoms with van der Waals surface area (Å²) in [6.07, 6.45) is -13.2. The van der Waals surface area contributed by atoms with Gasteiger partial charge in [-0.3, -0.25) is 4.79 Å². The first kappa shape index (κ1) is 20.5. The highest BCUT2D eigenvalue weighted by Crippen LogP contribution is 2.38. The number of methoxy groups -OCH3 is 1. The smallest absolute Gasteiger partial charge is 0.382 e. The lowest BCUT2D eigenvalue weighted by Crippen LogP contribution is -2.47. The van der Waals surface area contributed by atoms with Gasteiger partial charge in [0.1, 0.15) is 0 Å². The van der Waals surface area contributed by atoms with Crippen LogP contribution >= 0.6 is 0 Å². The highest BCUT2D eigenvalue weighted by molar-refractivity contribution is 5.86. The van der Waals surface area contributed by atoms with Crippen LogP contribution in [0.3, 0.4) is 0 Å². The van der Waals surface area contributed by atoms with Crippen LogP contribution in [0.15, 0.2) is 29.1 Å². The van der Waals surface area contributed by atoms with Crippen LogP contribution in [0.2, 0.25) is 0 Å². The summed E-state index contributed by atoms with van der Waals surface area (Å²) in [5.74, 6) is 0. The first-order valence-electron chi connectivity index (χ1n) is 8.20. The number of nitrogens with zero attached hydrogens (tertiary/aromatic N) is 1. The second-order valence-electron chi connectivity index (χ2n) is 6.57. The molecular weight excluding hydrogens is 394 g/mol. The summed E-state index contributed by atoms with van der Waals surface area (Å²) in [4.78, 5) is 14.9. The number of anilines is 1. The number of aliphatic hydroxyl groups excluding tert-OH is 1. The molecule has 1 aromatic heterocycles. The fourth-order valence-electron chi connectivity index (χ4n) is 3.47. The topological polar surface area (TPSA) is 65.6 Å². The number of hydrogen-bond acceptors (Lipinski definition) is 4. The predicted octanol–water partition coefficient (Wildman–Crippen LogP) is 3.06. The van der Waals surface area contributed by atoms with Crippen LogP contribution < -0.4 is 10.5 Å². The monoisotopic (exact) mass is 410 g/mol. The van der Waals surface area contributed by atoms with Gasteiger partial charge in [-0.25, -0.2) is 0 Å². The zero-order valence-corrected chi connectivity index (χ0v) is 14.4. The maximum atomic E-state index is 13.3. The van der Waals surface area contributed by atoms with Gasteiger partial charge in [-0.1, -0.05) is 0 Å². The Morgan fingerprint density at radius 1 is 1.21 bits per heavy atom. The number of ether oxygens (including phenoxy) is 1. The van der Waals surface area contributed by atoms with Crippen molar-refractivity contribution in [1.82, 2.24) is 4.98 Å². The average molecular weight is 410 g/mol.